The molecule has 0 saturated heterocycles. The summed E-state index contributed by atoms with van der Waals surface area (Å²) in [5.41, 5.74) is 0.150. The maximum atomic E-state index is 13.3. The van der Waals surface area contributed by atoms with Gasteiger partial charge in [0.05, 0.1) is 5.41 Å². The first-order valence-electron chi connectivity index (χ1n) is 5.22. The van der Waals surface area contributed by atoms with Crippen molar-refractivity contribution >= 4 is 34.8 Å². The van der Waals surface area contributed by atoms with Crippen molar-refractivity contribution in [1.29, 1.82) is 0 Å². The standard InChI is InChI=1S/C12H12Cl2FNO/c1-7-3-4-8(5-9(7)15)16-10(17)11(2)6-12(11,13)14/h3-5H,6H2,1-2H3,(H,16,17). The third kappa shape index (κ3) is 2.14. The molecule has 0 radical (unpaired) electrons. The summed E-state index contributed by atoms with van der Waals surface area (Å²) in [7, 11) is 0. The first kappa shape index (κ1) is 12.7. The Bertz CT molecular complexity index is 489. The van der Waals surface area contributed by atoms with Gasteiger partial charge >= 0.3 is 0 Å². The Labute approximate surface area is 109 Å². The van der Waals surface area contributed by atoms with Gasteiger partial charge in [-0.15, -0.1) is 23.2 Å². The second-order valence-electron chi connectivity index (χ2n) is 4.63. The van der Waals surface area contributed by atoms with Crippen LogP contribution < -0.4 is 5.32 Å². The highest BCUT2D eigenvalue weighted by atomic mass is 35.5. The first-order valence-corrected chi connectivity index (χ1v) is 5.97. The summed E-state index contributed by atoms with van der Waals surface area (Å²) < 4.78 is 12.3. The Morgan fingerprint density at radius 2 is 2.06 bits per heavy atom. The van der Waals surface area contributed by atoms with E-state index in [2.05, 4.69) is 5.32 Å². The summed E-state index contributed by atoms with van der Waals surface area (Å²) in [6.45, 7) is 3.35. The minimum Gasteiger partial charge on any atom is -0.325 e. The van der Waals surface area contributed by atoms with Crippen LogP contribution in [0.2, 0.25) is 0 Å². The Balaban J connectivity index is 2.12. The van der Waals surface area contributed by atoms with Gasteiger partial charge in [0.2, 0.25) is 5.91 Å². The van der Waals surface area contributed by atoms with Crippen LogP contribution in [-0.4, -0.2) is 10.2 Å². The number of carbonyl (C=O) groups excluding carboxylic acids is 1. The Morgan fingerprint density at radius 1 is 1.47 bits per heavy atom. The van der Waals surface area contributed by atoms with Crippen LogP contribution in [0.25, 0.3) is 0 Å². The molecular weight excluding hydrogens is 264 g/mol. The van der Waals surface area contributed by atoms with E-state index in [1.54, 1.807) is 26.0 Å². The highest BCUT2D eigenvalue weighted by Crippen LogP contribution is 2.64. The zero-order valence-corrected chi connectivity index (χ0v) is 11.0. The Hall–Kier alpha value is -0.800. The molecule has 17 heavy (non-hydrogen) atoms. The lowest BCUT2D eigenvalue weighted by Gasteiger charge is -2.12. The molecule has 1 aliphatic rings. The van der Waals surface area contributed by atoms with Gasteiger partial charge in [-0.3, -0.25) is 4.79 Å². The lowest BCUT2D eigenvalue weighted by Crippen LogP contribution is -2.25. The smallest absolute Gasteiger partial charge is 0.233 e. The molecule has 1 N–H and O–H groups in total. The molecule has 0 bridgehead atoms. The summed E-state index contributed by atoms with van der Waals surface area (Å²) in [6, 6.07) is 4.53. The van der Waals surface area contributed by atoms with E-state index in [-0.39, 0.29) is 11.7 Å². The molecule has 0 heterocycles. The number of alkyl halides is 2. The van der Waals surface area contributed by atoms with Crippen LogP contribution >= 0.6 is 23.2 Å². The van der Waals surface area contributed by atoms with Gasteiger partial charge in [-0.25, -0.2) is 4.39 Å². The Morgan fingerprint density at radius 3 is 2.53 bits per heavy atom. The third-order valence-electron chi connectivity index (χ3n) is 3.19. The normalized spacial score (nSPS) is 25.5. The number of hydrogen-bond donors (Lipinski definition) is 1. The van der Waals surface area contributed by atoms with E-state index in [0.717, 1.165) is 0 Å². The molecule has 1 saturated carbocycles. The monoisotopic (exact) mass is 275 g/mol. The molecule has 92 valence electrons. The van der Waals surface area contributed by atoms with Crippen LogP contribution in [0.15, 0.2) is 18.2 Å². The van der Waals surface area contributed by atoms with Crippen LogP contribution in [0.4, 0.5) is 10.1 Å². The molecule has 1 atom stereocenters. The molecule has 1 amide bonds. The second kappa shape index (κ2) is 3.85. The predicted octanol–water partition coefficient (Wildman–Crippen LogP) is 3.66. The highest BCUT2D eigenvalue weighted by molar-refractivity contribution is 6.53. The van der Waals surface area contributed by atoms with Crippen molar-refractivity contribution in [1.82, 2.24) is 0 Å². The van der Waals surface area contributed by atoms with E-state index in [1.165, 1.54) is 6.07 Å². The van der Waals surface area contributed by atoms with E-state index in [0.29, 0.717) is 17.7 Å². The number of hydrogen-bond acceptors (Lipinski definition) is 1. The van der Waals surface area contributed by atoms with E-state index in [4.69, 9.17) is 23.2 Å². The summed E-state index contributed by atoms with van der Waals surface area (Å²) in [5.74, 6) is -0.641. The van der Waals surface area contributed by atoms with Crippen molar-refractivity contribution in [3.8, 4) is 0 Å². The zero-order chi connectivity index (χ0) is 12.8. The molecular formula is C12H12Cl2FNO. The van der Waals surface area contributed by atoms with Crippen LogP contribution in [0.3, 0.4) is 0 Å². The van der Waals surface area contributed by atoms with Gasteiger partial charge in [0.15, 0.2) is 0 Å². The van der Waals surface area contributed by atoms with Crippen LogP contribution in [0, 0.1) is 18.2 Å². The van der Waals surface area contributed by atoms with E-state index in [1.807, 2.05) is 0 Å². The van der Waals surface area contributed by atoms with Gasteiger partial charge in [0.1, 0.15) is 10.2 Å². The summed E-state index contributed by atoms with van der Waals surface area (Å²) in [5, 5.41) is 2.62. The van der Waals surface area contributed by atoms with Crippen LogP contribution in [0.5, 0.6) is 0 Å². The minimum absolute atomic E-state index is 0.286. The second-order valence-corrected chi connectivity index (χ2v) is 6.12. The third-order valence-corrected chi connectivity index (χ3v) is 4.29. The lowest BCUT2D eigenvalue weighted by atomic mass is 10.1. The van der Waals surface area contributed by atoms with Crippen molar-refractivity contribution in [3.05, 3.63) is 29.6 Å². The highest BCUT2D eigenvalue weighted by Gasteiger charge is 2.67. The quantitative estimate of drug-likeness (QED) is 0.821. The molecule has 0 spiro atoms. The molecule has 2 nitrogen and oxygen atoms in total. The van der Waals surface area contributed by atoms with Gasteiger partial charge in [-0.05, 0) is 38.0 Å². The fourth-order valence-corrected chi connectivity index (χ4v) is 2.29. The topological polar surface area (TPSA) is 29.1 Å². The van der Waals surface area contributed by atoms with Crippen molar-refractivity contribution in [2.75, 3.05) is 5.32 Å². The summed E-state index contributed by atoms with van der Waals surface area (Å²) in [4.78, 5) is 11.9. The minimum atomic E-state index is -1.01. The predicted molar refractivity (Wildman–Crippen MR) is 66.9 cm³/mol. The number of nitrogens with one attached hydrogen (secondary N) is 1. The van der Waals surface area contributed by atoms with Gasteiger partial charge in [-0.1, -0.05) is 6.07 Å². The largest absolute Gasteiger partial charge is 0.325 e. The van der Waals surface area contributed by atoms with Crippen molar-refractivity contribution in [2.45, 2.75) is 24.6 Å². The molecule has 0 aliphatic heterocycles. The molecule has 1 unspecified atom stereocenters. The van der Waals surface area contributed by atoms with Crippen LogP contribution in [0.1, 0.15) is 18.9 Å². The van der Waals surface area contributed by atoms with Gasteiger partial charge < -0.3 is 5.32 Å². The van der Waals surface area contributed by atoms with Gasteiger partial charge in [0, 0.05) is 5.69 Å². The van der Waals surface area contributed by atoms with E-state index in [9.17, 15) is 9.18 Å². The molecule has 1 aromatic rings. The van der Waals surface area contributed by atoms with Gasteiger partial charge in [-0.2, -0.15) is 0 Å². The average molecular weight is 276 g/mol. The number of anilines is 1. The van der Waals surface area contributed by atoms with Gasteiger partial charge in [0.25, 0.3) is 0 Å². The Kier molecular flexibility index (Phi) is 2.87. The number of amides is 1. The molecule has 1 aromatic carbocycles. The average Bonchev–Trinajstić information content (AvgIpc) is 2.74. The maximum Gasteiger partial charge on any atom is 0.233 e. The lowest BCUT2D eigenvalue weighted by molar-refractivity contribution is -0.120. The SMILES string of the molecule is Cc1ccc(NC(=O)C2(C)CC2(Cl)Cl)cc1F. The van der Waals surface area contributed by atoms with Crippen molar-refractivity contribution < 1.29 is 9.18 Å². The fourth-order valence-electron chi connectivity index (χ4n) is 1.59. The molecule has 0 aromatic heterocycles. The summed E-state index contributed by atoms with van der Waals surface area (Å²) in [6.07, 6.45) is 0.406. The number of benzene rings is 1. The van der Waals surface area contributed by atoms with E-state index >= 15 is 0 Å². The number of aryl methyl sites for hydroxylation is 1. The summed E-state index contributed by atoms with van der Waals surface area (Å²) >= 11 is 11.8. The zero-order valence-electron chi connectivity index (χ0n) is 9.48. The van der Waals surface area contributed by atoms with Crippen LogP contribution in [-0.2, 0) is 4.79 Å². The van der Waals surface area contributed by atoms with E-state index < -0.39 is 9.75 Å². The van der Waals surface area contributed by atoms with Crippen molar-refractivity contribution in [2.24, 2.45) is 5.41 Å². The molecule has 2 rings (SSSR count). The molecule has 1 aliphatic carbocycles. The molecule has 5 heteroatoms. The molecule has 1 fully saturated rings. The number of rotatable bonds is 2. The number of halogens is 3. The number of carbonyl (C=O) groups is 1. The fraction of sp³-hybridized carbons (Fsp3) is 0.417. The van der Waals surface area contributed by atoms with Crippen molar-refractivity contribution in [3.63, 3.8) is 0 Å². The first-order chi connectivity index (χ1) is 7.76. The maximum absolute atomic E-state index is 13.3.